The Bertz CT molecular complexity index is 473. The van der Waals surface area contributed by atoms with Crippen LogP contribution in [0.25, 0.3) is 0 Å². The molecule has 0 aliphatic carbocycles. The molecule has 19 heavy (non-hydrogen) atoms. The molecule has 0 aliphatic heterocycles. The molecule has 0 aromatic carbocycles. The van der Waals surface area contributed by atoms with E-state index in [2.05, 4.69) is 10.1 Å². The highest BCUT2D eigenvalue weighted by Gasteiger charge is 2.24. The zero-order valence-electron chi connectivity index (χ0n) is 10.8. The van der Waals surface area contributed by atoms with Crippen LogP contribution in [0.5, 0.6) is 0 Å². The fourth-order valence-corrected chi connectivity index (χ4v) is 2.51. The van der Waals surface area contributed by atoms with E-state index < -0.39 is 11.9 Å². The standard InChI is InChI=1S/C11H17N3O4S/c1-3-18-5-4-14-10-6(9(13)15)7(12)8(19-10)11(16)17-2/h14H,3-5,12H2,1-2H3,(H2,13,15). The molecule has 0 saturated carbocycles. The number of hydrogen-bond acceptors (Lipinski definition) is 7. The van der Waals surface area contributed by atoms with Crippen LogP contribution >= 0.6 is 11.3 Å². The zero-order chi connectivity index (χ0) is 14.4. The predicted octanol–water partition coefficient (Wildman–Crippen LogP) is 0.664. The maximum atomic E-state index is 11.5. The molecule has 0 aliphatic rings. The quantitative estimate of drug-likeness (QED) is 0.501. The Balaban J connectivity index is 2.95. The maximum absolute atomic E-state index is 11.5. The Morgan fingerprint density at radius 3 is 2.63 bits per heavy atom. The summed E-state index contributed by atoms with van der Waals surface area (Å²) < 4.78 is 9.76. The first kappa shape index (κ1) is 15.3. The fraction of sp³-hybridized carbons (Fsp3) is 0.455. The van der Waals surface area contributed by atoms with Crippen LogP contribution in [0.15, 0.2) is 0 Å². The lowest BCUT2D eigenvalue weighted by molar-refractivity contribution is 0.0607. The highest BCUT2D eigenvalue weighted by atomic mass is 32.1. The van der Waals surface area contributed by atoms with E-state index in [4.69, 9.17) is 16.2 Å². The number of hydrogen-bond donors (Lipinski definition) is 3. The van der Waals surface area contributed by atoms with E-state index in [1.165, 1.54) is 7.11 Å². The minimum absolute atomic E-state index is 0.0447. The van der Waals surface area contributed by atoms with Gasteiger partial charge in [-0.2, -0.15) is 0 Å². The average molecular weight is 287 g/mol. The van der Waals surface area contributed by atoms with Gasteiger partial charge in [0.2, 0.25) is 0 Å². The van der Waals surface area contributed by atoms with Crippen molar-refractivity contribution in [3.8, 4) is 0 Å². The largest absolute Gasteiger partial charge is 0.465 e. The van der Waals surface area contributed by atoms with E-state index in [0.717, 1.165) is 11.3 Å². The summed E-state index contributed by atoms with van der Waals surface area (Å²) in [6.45, 7) is 3.44. The summed E-state index contributed by atoms with van der Waals surface area (Å²) in [4.78, 5) is 23.0. The number of nitrogens with two attached hydrogens (primary N) is 2. The van der Waals surface area contributed by atoms with Crippen LogP contribution < -0.4 is 16.8 Å². The van der Waals surface area contributed by atoms with Gasteiger partial charge >= 0.3 is 5.97 Å². The van der Waals surface area contributed by atoms with E-state index >= 15 is 0 Å². The van der Waals surface area contributed by atoms with Crippen molar-refractivity contribution in [3.05, 3.63) is 10.4 Å². The molecule has 0 spiro atoms. The van der Waals surface area contributed by atoms with Crippen LogP contribution in [-0.4, -0.2) is 38.7 Å². The molecule has 106 valence electrons. The molecule has 5 N–H and O–H groups in total. The zero-order valence-corrected chi connectivity index (χ0v) is 11.6. The summed E-state index contributed by atoms with van der Waals surface area (Å²) in [7, 11) is 1.24. The first-order chi connectivity index (χ1) is 9.02. The van der Waals surface area contributed by atoms with E-state index in [0.29, 0.717) is 24.8 Å². The van der Waals surface area contributed by atoms with Gasteiger partial charge < -0.3 is 26.3 Å². The van der Waals surface area contributed by atoms with Crippen molar-refractivity contribution in [1.29, 1.82) is 0 Å². The van der Waals surface area contributed by atoms with E-state index in [9.17, 15) is 9.59 Å². The van der Waals surface area contributed by atoms with E-state index in [1.807, 2.05) is 6.92 Å². The molecule has 0 fully saturated rings. The number of ether oxygens (including phenoxy) is 2. The van der Waals surface area contributed by atoms with Crippen LogP contribution in [-0.2, 0) is 9.47 Å². The number of carbonyl (C=O) groups excluding carboxylic acids is 2. The first-order valence-electron chi connectivity index (χ1n) is 5.64. The highest BCUT2D eigenvalue weighted by molar-refractivity contribution is 7.19. The van der Waals surface area contributed by atoms with Crippen molar-refractivity contribution in [2.75, 3.05) is 37.9 Å². The van der Waals surface area contributed by atoms with Crippen LogP contribution in [0.1, 0.15) is 27.0 Å². The second-order valence-electron chi connectivity index (χ2n) is 3.53. The molecular formula is C11H17N3O4S. The first-order valence-corrected chi connectivity index (χ1v) is 6.46. The number of amides is 1. The number of anilines is 2. The molecule has 1 aromatic heterocycles. The number of carbonyl (C=O) groups is 2. The van der Waals surface area contributed by atoms with Gasteiger partial charge in [-0.05, 0) is 6.92 Å². The fourth-order valence-electron chi connectivity index (χ4n) is 1.44. The number of nitrogen functional groups attached to an aromatic ring is 1. The van der Waals surface area contributed by atoms with Gasteiger partial charge in [-0.1, -0.05) is 0 Å². The molecule has 1 amide bonds. The Labute approximate surface area is 114 Å². The van der Waals surface area contributed by atoms with Gasteiger partial charge in [0.1, 0.15) is 9.88 Å². The molecular weight excluding hydrogens is 270 g/mol. The third-order valence-corrected chi connectivity index (χ3v) is 3.44. The number of esters is 1. The molecule has 0 bridgehead atoms. The third-order valence-electron chi connectivity index (χ3n) is 2.30. The maximum Gasteiger partial charge on any atom is 0.350 e. The lowest BCUT2D eigenvalue weighted by Gasteiger charge is -2.05. The van der Waals surface area contributed by atoms with Crippen molar-refractivity contribution in [3.63, 3.8) is 0 Å². The van der Waals surface area contributed by atoms with Gasteiger partial charge in [-0.15, -0.1) is 11.3 Å². The molecule has 1 aromatic rings. The summed E-state index contributed by atoms with van der Waals surface area (Å²) in [5.74, 6) is -1.29. The monoisotopic (exact) mass is 287 g/mol. The van der Waals surface area contributed by atoms with E-state index in [-0.39, 0.29) is 16.1 Å². The highest BCUT2D eigenvalue weighted by Crippen LogP contribution is 2.35. The lowest BCUT2D eigenvalue weighted by atomic mass is 10.2. The number of methoxy groups -OCH3 is 1. The smallest absolute Gasteiger partial charge is 0.350 e. The normalized spacial score (nSPS) is 10.2. The molecule has 0 radical (unpaired) electrons. The molecule has 0 saturated heterocycles. The summed E-state index contributed by atoms with van der Waals surface area (Å²) in [6, 6.07) is 0. The average Bonchev–Trinajstić information content (AvgIpc) is 2.71. The minimum atomic E-state index is -0.692. The predicted molar refractivity (Wildman–Crippen MR) is 73.6 cm³/mol. The SMILES string of the molecule is CCOCCNc1sc(C(=O)OC)c(N)c1C(N)=O. The Hall–Kier alpha value is -1.80. The van der Waals surface area contributed by atoms with Crippen molar-refractivity contribution >= 4 is 33.9 Å². The van der Waals surface area contributed by atoms with Crippen LogP contribution in [0.2, 0.25) is 0 Å². The van der Waals surface area contributed by atoms with Crippen LogP contribution in [0.4, 0.5) is 10.7 Å². The topological polar surface area (TPSA) is 117 Å². The van der Waals surface area contributed by atoms with E-state index in [1.54, 1.807) is 0 Å². The molecule has 7 nitrogen and oxygen atoms in total. The van der Waals surface area contributed by atoms with Gasteiger partial charge in [-0.3, -0.25) is 4.79 Å². The summed E-state index contributed by atoms with van der Waals surface area (Å²) >= 11 is 1.04. The Morgan fingerprint density at radius 2 is 2.11 bits per heavy atom. The lowest BCUT2D eigenvalue weighted by Crippen LogP contribution is -2.16. The summed E-state index contributed by atoms with van der Waals surface area (Å²) in [5, 5.41) is 3.42. The Morgan fingerprint density at radius 1 is 1.42 bits per heavy atom. The van der Waals surface area contributed by atoms with Crippen molar-refractivity contribution < 1.29 is 19.1 Å². The van der Waals surface area contributed by atoms with Crippen LogP contribution in [0.3, 0.4) is 0 Å². The number of nitrogens with one attached hydrogen (secondary N) is 1. The third kappa shape index (κ3) is 3.58. The summed E-state index contributed by atoms with van der Waals surface area (Å²) in [5.41, 5.74) is 11.2. The second kappa shape index (κ2) is 6.95. The number of rotatable bonds is 7. The number of primary amides is 1. The van der Waals surface area contributed by atoms with Crippen molar-refractivity contribution in [2.45, 2.75) is 6.92 Å². The minimum Gasteiger partial charge on any atom is -0.465 e. The number of thiophene rings is 1. The molecule has 1 heterocycles. The summed E-state index contributed by atoms with van der Waals surface area (Å²) in [6.07, 6.45) is 0. The van der Waals surface area contributed by atoms with Gasteiger partial charge in [0.05, 0.1) is 25.0 Å². The van der Waals surface area contributed by atoms with Crippen LogP contribution in [0, 0.1) is 0 Å². The van der Waals surface area contributed by atoms with Gasteiger partial charge in [0.15, 0.2) is 0 Å². The van der Waals surface area contributed by atoms with Crippen molar-refractivity contribution in [2.24, 2.45) is 5.73 Å². The molecule has 0 atom stereocenters. The Kier molecular flexibility index (Phi) is 5.58. The second-order valence-corrected chi connectivity index (χ2v) is 4.55. The van der Waals surface area contributed by atoms with Gasteiger partial charge in [-0.25, -0.2) is 4.79 Å². The van der Waals surface area contributed by atoms with Gasteiger partial charge in [0, 0.05) is 13.2 Å². The van der Waals surface area contributed by atoms with Crippen molar-refractivity contribution in [1.82, 2.24) is 0 Å². The van der Waals surface area contributed by atoms with Gasteiger partial charge in [0.25, 0.3) is 5.91 Å². The molecule has 0 unspecified atom stereocenters. The molecule has 1 rings (SSSR count). The molecule has 8 heteroatoms.